The standard InChI is InChI=1S/C13H22O5/c1-4-18-9-13(11(14)16-2,12(15)17-3)10-7-5-6-8-10/h10H,4-9H2,1-3H3. The van der Waals surface area contributed by atoms with E-state index in [4.69, 9.17) is 14.2 Å². The fourth-order valence-electron chi connectivity index (χ4n) is 2.70. The monoisotopic (exact) mass is 258 g/mol. The Kier molecular flexibility index (Phi) is 5.59. The van der Waals surface area contributed by atoms with Gasteiger partial charge in [-0.05, 0) is 25.7 Å². The Hall–Kier alpha value is -1.10. The van der Waals surface area contributed by atoms with E-state index in [9.17, 15) is 9.59 Å². The summed E-state index contributed by atoms with van der Waals surface area (Å²) in [5.41, 5.74) is -1.30. The summed E-state index contributed by atoms with van der Waals surface area (Å²) in [6.07, 6.45) is 3.70. The lowest BCUT2D eigenvalue weighted by atomic mass is 9.74. The SMILES string of the molecule is CCOCC(C(=O)OC)(C(=O)OC)C1CCCC1. The van der Waals surface area contributed by atoms with E-state index in [0.29, 0.717) is 6.61 Å². The van der Waals surface area contributed by atoms with Crippen molar-refractivity contribution in [1.82, 2.24) is 0 Å². The van der Waals surface area contributed by atoms with Gasteiger partial charge in [0, 0.05) is 6.61 Å². The van der Waals surface area contributed by atoms with E-state index < -0.39 is 17.4 Å². The number of hydrogen-bond donors (Lipinski definition) is 0. The first-order valence-corrected chi connectivity index (χ1v) is 6.38. The van der Waals surface area contributed by atoms with Gasteiger partial charge < -0.3 is 14.2 Å². The predicted molar refractivity (Wildman–Crippen MR) is 64.9 cm³/mol. The van der Waals surface area contributed by atoms with Gasteiger partial charge in [-0.25, -0.2) is 0 Å². The van der Waals surface area contributed by atoms with Crippen LogP contribution in [-0.4, -0.2) is 39.4 Å². The van der Waals surface area contributed by atoms with Gasteiger partial charge >= 0.3 is 11.9 Å². The molecule has 0 aliphatic heterocycles. The summed E-state index contributed by atoms with van der Waals surface area (Å²) in [5.74, 6) is -1.15. The maximum absolute atomic E-state index is 12.1. The fourth-order valence-corrected chi connectivity index (χ4v) is 2.70. The average molecular weight is 258 g/mol. The molecule has 18 heavy (non-hydrogen) atoms. The van der Waals surface area contributed by atoms with Crippen LogP contribution in [0.4, 0.5) is 0 Å². The Morgan fingerprint density at radius 1 is 1.11 bits per heavy atom. The van der Waals surface area contributed by atoms with Gasteiger partial charge in [0.2, 0.25) is 0 Å². The van der Waals surface area contributed by atoms with Crippen LogP contribution < -0.4 is 0 Å². The topological polar surface area (TPSA) is 61.8 Å². The highest BCUT2D eigenvalue weighted by Gasteiger charge is 2.55. The molecule has 0 saturated heterocycles. The van der Waals surface area contributed by atoms with E-state index in [1.807, 2.05) is 6.92 Å². The molecule has 1 aliphatic carbocycles. The molecule has 5 heteroatoms. The Morgan fingerprint density at radius 3 is 2.00 bits per heavy atom. The number of ether oxygens (including phenoxy) is 3. The Morgan fingerprint density at radius 2 is 1.61 bits per heavy atom. The molecule has 1 rings (SSSR count). The minimum absolute atomic E-state index is 0.0352. The van der Waals surface area contributed by atoms with Crippen LogP contribution in [0.1, 0.15) is 32.6 Å². The minimum Gasteiger partial charge on any atom is -0.468 e. The summed E-state index contributed by atoms with van der Waals surface area (Å²) in [6, 6.07) is 0. The molecule has 0 radical (unpaired) electrons. The Labute approximate surface area is 108 Å². The van der Waals surface area contributed by atoms with Gasteiger partial charge in [0.25, 0.3) is 0 Å². The van der Waals surface area contributed by atoms with Crippen LogP contribution in [0.15, 0.2) is 0 Å². The maximum Gasteiger partial charge on any atom is 0.325 e. The number of carbonyl (C=O) groups excluding carboxylic acids is 2. The van der Waals surface area contributed by atoms with Crippen molar-refractivity contribution >= 4 is 11.9 Å². The summed E-state index contributed by atoms with van der Waals surface area (Å²) < 4.78 is 15.0. The van der Waals surface area contributed by atoms with Gasteiger partial charge in [-0.2, -0.15) is 0 Å². The molecular weight excluding hydrogens is 236 g/mol. The third kappa shape index (κ3) is 2.66. The van der Waals surface area contributed by atoms with Crippen molar-refractivity contribution in [3.63, 3.8) is 0 Å². The average Bonchev–Trinajstić information content (AvgIpc) is 2.93. The number of hydrogen-bond acceptors (Lipinski definition) is 5. The van der Waals surface area contributed by atoms with Crippen molar-refractivity contribution in [2.45, 2.75) is 32.6 Å². The van der Waals surface area contributed by atoms with Gasteiger partial charge in [0.15, 0.2) is 5.41 Å². The summed E-state index contributed by atoms with van der Waals surface area (Å²) >= 11 is 0. The zero-order chi connectivity index (χ0) is 13.6. The quantitative estimate of drug-likeness (QED) is 0.534. The van der Waals surface area contributed by atoms with Gasteiger partial charge in [-0.15, -0.1) is 0 Å². The molecule has 0 unspecified atom stereocenters. The molecule has 0 N–H and O–H groups in total. The van der Waals surface area contributed by atoms with Crippen molar-refractivity contribution in [3.8, 4) is 0 Å². The molecule has 1 fully saturated rings. The summed E-state index contributed by atoms with van der Waals surface area (Å²) in [6.45, 7) is 2.31. The second kappa shape index (κ2) is 6.73. The van der Waals surface area contributed by atoms with Gasteiger partial charge in [0.1, 0.15) is 0 Å². The highest BCUT2D eigenvalue weighted by atomic mass is 16.6. The molecule has 0 amide bonds. The smallest absolute Gasteiger partial charge is 0.325 e. The summed E-state index contributed by atoms with van der Waals surface area (Å²) in [7, 11) is 2.59. The molecule has 0 heterocycles. The number of carbonyl (C=O) groups is 2. The van der Waals surface area contributed by atoms with Crippen LogP contribution in [0, 0.1) is 11.3 Å². The Balaban J connectivity index is 3.06. The second-order valence-electron chi connectivity index (χ2n) is 4.57. The van der Waals surface area contributed by atoms with Crippen LogP contribution in [0.3, 0.4) is 0 Å². The van der Waals surface area contributed by atoms with E-state index in [1.54, 1.807) is 0 Å². The zero-order valence-electron chi connectivity index (χ0n) is 11.4. The van der Waals surface area contributed by atoms with E-state index in [0.717, 1.165) is 25.7 Å². The van der Waals surface area contributed by atoms with Crippen LogP contribution in [-0.2, 0) is 23.8 Å². The number of esters is 2. The largest absolute Gasteiger partial charge is 0.468 e. The maximum atomic E-state index is 12.1. The molecule has 0 aromatic carbocycles. The number of methoxy groups -OCH3 is 2. The molecule has 1 aliphatic rings. The lowest BCUT2D eigenvalue weighted by Crippen LogP contribution is -2.50. The first-order chi connectivity index (χ1) is 8.63. The van der Waals surface area contributed by atoms with E-state index in [-0.39, 0.29) is 12.5 Å². The summed E-state index contributed by atoms with van der Waals surface area (Å²) in [5, 5.41) is 0. The molecule has 0 bridgehead atoms. The van der Waals surface area contributed by atoms with Crippen molar-refractivity contribution in [2.24, 2.45) is 11.3 Å². The normalized spacial score (nSPS) is 16.6. The third-order valence-corrected chi connectivity index (χ3v) is 3.69. The van der Waals surface area contributed by atoms with E-state index in [2.05, 4.69) is 0 Å². The van der Waals surface area contributed by atoms with Gasteiger partial charge in [-0.3, -0.25) is 9.59 Å². The second-order valence-corrected chi connectivity index (χ2v) is 4.57. The molecule has 0 aromatic rings. The van der Waals surface area contributed by atoms with Crippen LogP contribution in [0.5, 0.6) is 0 Å². The Bertz CT molecular complexity index is 278. The summed E-state index contributed by atoms with van der Waals surface area (Å²) in [4.78, 5) is 24.2. The lowest BCUT2D eigenvalue weighted by Gasteiger charge is -2.33. The van der Waals surface area contributed by atoms with Crippen LogP contribution in [0.25, 0.3) is 0 Å². The van der Waals surface area contributed by atoms with E-state index >= 15 is 0 Å². The highest BCUT2D eigenvalue weighted by molar-refractivity contribution is 6.00. The third-order valence-electron chi connectivity index (χ3n) is 3.69. The molecule has 1 saturated carbocycles. The number of rotatable bonds is 6. The molecule has 0 spiro atoms. The minimum atomic E-state index is -1.30. The zero-order valence-corrected chi connectivity index (χ0v) is 11.4. The van der Waals surface area contributed by atoms with Crippen LogP contribution in [0.2, 0.25) is 0 Å². The lowest BCUT2D eigenvalue weighted by molar-refractivity contribution is -0.179. The highest BCUT2D eigenvalue weighted by Crippen LogP contribution is 2.42. The predicted octanol–water partition coefficient (Wildman–Crippen LogP) is 1.55. The first kappa shape index (κ1) is 15.0. The van der Waals surface area contributed by atoms with Crippen molar-refractivity contribution in [3.05, 3.63) is 0 Å². The van der Waals surface area contributed by atoms with Gasteiger partial charge in [-0.1, -0.05) is 12.8 Å². The van der Waals surface area contributed by atoms with E-state index in [1.165, 1.54) is 14.2 Å². The van der Waals surface area contributed by atoms with Gasteiger partial charge in [0.05, 0.1) is 20.8 Å². The molecule has 104 valence electrons. The fraction of sp³-hybridized carbons (Fsp3) is 0.846. The first-order valence-electron chi connectivity index (χ1n) is 6.38. The van der Waals surface area contributed by atoms with Crippen molar-refractivity contribution in [1.29, 1.82) is 0 Å². The molecule has 5 nitrogen and oxygen atoms in total. The van der Waals surface area contributed by atoms with Crippen molar-refractivity contribution < 1.29 is 23.8 Å². The van der Waals surface area contributed by atoms with Crippen LogP contribution >= 0.6 is 0 Å². The van der Waals surface area contributed by atoms with Crippen molar-refractivity contribution in [2.75, 3.05) is 27.4 Å². The molecular formula is C13H22O5. The molecule has 0 aromatic heterocycles. The molecule has 0 atom stereocenters.